The molecule has 0 saturated heterocycles. The minimum Gasteiger partial charge on any atom is -0.309 e. The average Bonchev–Trinajstić information content (AvgIpc) is 2.43. The zero-order chi connectivity index (χ0) is 11.0. The molecular weight excluding hydrogens is 206 g/mol. The molecule has 0 amide bonds. The van der Waals surface area contributed by atoms with Crippen LogP contribution < -0.4 is 5.32 Å². The maximum absolute atomic E-state index is 12.0. The molecule has 3 heteroatoms. The Hall–Kier alpha value is -0.670. The third kappa shape index (κ3) is 1.86. The van der Waals surface area contributed by atoms with Crippen molar-refractivity contribution in [3.63, 3.8) is 0 Å². The lowest BCUT2D eigenvalue weighted by molar-refractivity contribution is 0.603. The Morgan fingerprint density at radius 2 is 2.20 bits per heavy atom. The van der Waals surface area contributed by atoms with Crippen molar-refractivity contribution in [2.75, 3.05) is 12.3 Å². The molecule has 1 aliphatic rings. The lowest BCUT2D eigenvalue weighted by Gasteiger charge is -2.12. The van der Waals surface area contributed by atoms with Crippen LogP contribution in [0.15, 0.2) is 17.0 Å². The Kier molecular flexibility index (Phi) is 2.94. The molecule has 0 aliphatic carbocycles. The second kappa shape index (κ2) is 4.06. The quantitative estimate of drug-likeness (QED) is 0.831. The van der Waals surface area contributed by atoms with Crippen LogP contribution in [0.5, 0.6) is 0 Å². The van der Waals surface area contributed by atoms with E-state index < -0.39 is 10.8 Å². The van der Waals surface area contributed by atoms with Gasteiger partial charge in [-0.15, -0.1) is 0 Å². The van der Waals surface area contributed by atoms with Gasteiger partial charge in [0, 0.05) is 16.7 Å². The number of aryl methyl sites for hydroxylation is 2. The SMILES string of the molecule is CCNC1CS(=O)c2c(C)cc(C)cc21. The molecule has 2 rings (SSSR count). The van der Waals surface area contributed by atoms with Crippen molar-refractivity contribution in [1.29, 1.82) is 0 Å². The van der Waals surface area contributed by atoms with Gasteiger partial charge in [0.1, 0.15) is 0 Å². The van der Waals surface area contributed by atoms with E-state index in [2.05, 4.69) is 38.2 Å². The Labute approximate surface area is 93.5 Å². The molecule has 0 saturated carbocycles. The van der Waals surface area contributed by atoms with Crippen LogP contribution in [0.4, 0.5) is 0 Å². The van der Waals surface area contributed by atoms with E-state index in [0.717, 1.165) is 17.2 Å². The fourth-order valence-corrected chi connectivity index (χ4v) is 3.95. The second-order valence-electron chi connectivity index (χ2n) is 4.12. The van der Waals surface area contributed by atoms with Gasteiger partial charge in [0.15, 0.2) is 0 Å². The summed E-state index contributed by atoms with van der Waals surface area (Å²) in [5.41, 5.74) is 3.67. The molecule has 0 radical (unpaired) electrons. The summed E-state index contributed by atoms with van der Waals surface area (Å²) in [6.45, 7) is 7.16. The van der Waals surface area contributed by atoms with E-state index in [4.69, 9.17) is 0 Å². The van der Waals surface area contributed by atoms with E-state index in [1.165, 1.54) is 16.7 Å². The number of rotatable bonds is 2. The Balaban J connectivity index is 2.50. The zero-order valence-corrected chi connectivity index (χ0v) is 10.3. The first kappa shape index (κ1) is 10.8. The summed E-state index contributed by atoms with van der Waals surface area (Å²) in [5.74, 6) is 0.730. The van der Waals surface area contributed by atoms with E-state index in [1.807, 2.05) is 0 Å². The molecule has 2 unspecified atom stereocenters. The lowest BCUT2D eigenvalue weighted by Crippen LogP contribution is -2.21. The highest BCUT2D eigenvalue weighted by Gasteiger charge is 2.29. The van der Waals surface area contributed by atoms with Crippen molar-refractivity contribution in [3.8, 4) is 0 Å². The van der Waals surface area contributed by atoms with Gasteiger partial charge in [0.2, 0.25) is 0 Å². The van der Waals surface area contributed by atoms with Gasteiger partial charge >= 0.3 is 0 Å². The summed E-state index contributed by atoms with van der Waals surface area (Å²) >= 11 is 0. The van der Waals surface area contributed by atoms with Crippen LogP contribution in [-0.2, 0) is 10.8 Å². The number of hydrogen-bond donors (Lipinski definition) is 1. The van der Waals surface area contributed by atoms with Gasteiger partial charge in [-0.1, -0.05) is 24.6 Å². The average molecular weight is 223 g/mol. The molecule has 1 heterocycles. The number of fused-ring (bicyclic) bond motifs is 1. The first-order valence-corrected chi connectivity index (χ1v) is 6.68. The van der Waals surface area contributed by atoms with E-state index in [1.54, 1.807) is 0 Å². The van der Waals surface area contributed by atoms with Gasteiger partial charge in [-0.05, 0) is 31.5 Å². The van der Waals surface area contributed by atoms with E-state index in [9.17, 15) is 4.21 Å². The molecule has 1 aromatic carbocycles. The minimum atomic E-state index is -0.812. The molecule has 2 atom stereocenters. The summed E-state index contributed by atoms with van der Waals surface area (Å²) < 4.78 is 12.0. The van der Waals surface area contributed by atoms with E-state index >= 15 is 0 Å². The van der Waals surface area contributed by atoms with Gasteiger partial charge in [0.25, 0.3) is 0 Å². The fourth-order valence-electron chi connectivity index (χ4n) is 2.30. The van der Waals surface area contributed by atoms with Crippen molar-refractivity contribution in [2.45, 2.75) is 31.7 Å². The summed E-state index contributed by atoms with van der Waals surface area (Å²) in [6, 6.07) is 4.57. The van der Waals surface area contributed by atoms with E-state index in [-0.39, 0.29) is 6.04 Å². The molecule has 15 heavy (non-hydrogen) atoms. The van der Waals surface area contributed by atoms with Crippen LogP contribution in [0.2, 0.25) is 0 Å². The van der Waals surface area contributed by atoms with Crippen LogP contribution in [-0.4, -0.2) is 16.5 Å². The highest BCUT2D eigenvalue weighted by molar-refractivity contribution is 7.85. The van der Waals surface area contributed by atoms with Crippen molar-refractivity contribution in [2.24, 2.45) is 0 Å². The first-order valence-electron chi connectivity index (χ1n) is 5.36. The third-order valence-electron chi connectivity index (χ3n) is 2.82. The molecule has 0 spiro atoms. The predicted molar refractivity (Wildman–Crippen MR) is 63.6 cm³/mol. The largest absolute Gasteiger partial charge is 0.309 e. The molecule has 0 bridgehead atoms. The van der Waals surface area contributed by atoms with Crippen molar-refractivity contribution >= 4 is 10.8 Å². The molecule has 0 fully saturated rings. The van der Waals surface area contributed by atoms with Gasteiger partial charge in [-0.3, -0.25) is 4.21 Å². The Morgan fingerprint density at radius 3 is 2.87 bits per heavy atom. The Bertz CT molecular complexity index is 414. The van der Waals surface area contributed by atoms with Crippen molar-refractivity contribution in [3.05, 3.63) is 28.8 Å². The summed E-state index contributed by atoms with van der Waals surface area (Å²) in [5, 5.41) is 3.39. The lowest BCUT2D eigenvalue weighted by atomic mass is 10.0. The van der Waals surface area contributed by atoms with Gasteiger partial charge in [-0.2, -0.15) is 0 Å². The van der Waals surface area contributed by atoms with E-state index in [0.29, 0.717) is 0 Å². The molecule has 2 nitrogen and oxygen atoms in total. The highest BCUT2D eigenvalue weighted by atomic mass is 32.2. The number of hydrogen-bond acceptors (Lipinski definition) is 2. The van der Waals surface area contributed by atoms with Crippen LogP contribution in [0.25, 0.3) is 0 Å². The third-order valence-corrected chi connectivity index (χ3v) is 4.47. The van der Waals surface area contributed by atoms with Crippen LogP contribution in [0, 0.1) is 13.8 Å². The van der Waals surface area contributed by atoms with Crippen molar-refractivity contribution < 1.29 is 4.21 Å². The van der Waals surface area contributed by atoms with Crippen LogP contribution >= 0.6 is 0 Å². The standard InChI is InChI=1S/C12H17NOS/c1-4-13-11-7-15(14)12-9(3)5-8(2)6-10(11)12/h5-6,11,13H,4,7H2,1-3H3. The second-order valence-corrected chi connectivity index (χ2v) is 5.56. The first-order chi connectivity index (χ1) is 7.13. The van der Waals surface area contributed by atoms with Crippen LogP contribution in [0.1, 0.15) is 29.7 Å². The predicted octanol–water partition coefficient (Wildman–Crippen LogP) is 2.08. The minimum absolute atomic E-state index is 0.282. The van der Waals surface area contributed by atoms with Gasteiger partial charge in [0.05, 0.1) is 10.8 Å². The maximum atomic E-state index is 12.0. The maximum Gasteiger partial charge on any atom is 0.0554 e. The summed E-state index contributed by atoms with van der Waals surface area (Å²) in [7, 11) is -0.812. The van der Waals surface area contributed by atoms with Gasteiger partial charge in [-0.25, -0.2) is 0 Å². The Morgan fingerprint density at radius 1 is 1.47 bits per heavy atom. The van der Waals surface area contributed by atoms with Gasteiger partial charge < -0.3 is 5.32 Å². The topological polar surface area (TPSA) is 29.1 Å². The number of benzene rings is 1. The molecule has 1 N–H and O–H groups in total. The summed E-state index contributed by atoms with van der Waals surface area (Å²) in [4.78, 5) is 1.06. The highest BCUT2D eigenvalue weighted by Crippen LogP contribution is 2.33. The van der Waals surface area contributed by atoms with Crippen LogP contribution in [0.3, 0.4) is 0 Å². The smallest absolute Gasteiger partial charge is 0.0554 e. The molecule has 82 valence electrons. The molecule has 1 aliphatic heterocycles. The fraction of sp³-hybridized carbons (Fsp3) is 0.500. The van der Waals surface area contributed by atoms with Crippen molar-refractivity contribution in [1.82, 2.24) is 5.32 Å². The monoisotopic (exact) mass is 223 g/mol. The molecular formula is C12H17NOS. The zero-order valence-electron chi connectivity index (χ0n) is 9.46. The molecule has 1 aromatic rings. The normalized spacial score (nSPS) is 24.2. The summed E-state index contributed by atoms with van der Waals surface area (Å²) in [6.07, 6.45) is 0. The number of nitrogens with one attached hydrogen (secondary N) is 1. The molecule has 0 aromatic heterocycles.